The van der Waals surface area contributed by atoms with Gasteiger partial charge in [-0.2, -0.15) is 5.26 Å². The number of anilines is 2. The van der Waals surface area contributed by atoms with Crippen molar-refractivity contribution < 1.29 is 4.39 Å². The van der Waals surface area contributed by atoms with Gasteiger partial charge in [-0.3, -0.25) is 0 Å². The van der Waals surface area contributed by atoms with Crippen molar-refractivity contribution in [2.75, 3.05) is 11.9 Å². The number of nitriles is 1. The van der Waals surface area contributed by atoms with Crippen molar-refractivity contribution >= 4 is 32.9 Å². The number of halogens is 1. The van der Waals surface area contributed by atoms with E-state index in [1.54, 1.807) is 36.6 Å². The maximum atomic E-state index is 13.5. The van der Waals surface area contributed by atoms with Gasteiger partial charge >= 0.3 is 0 Å². The van der Waals surface area contributed by atoms with Crippen LogP contribution < -0.4 is 10.6 Å². The molecule has 0 atom stereocenters. The Morgan fingerprint density at radius 3 is 3.08 bits per heavy atom. The zero-order chi connectivity index (χ0) is 16.7. The van der Waals surface area contributed by atoms with Crippen molar-refractivity contribution in [3.05, 3.63) is 51.8 Å². The Balaban J connectivity index is 1.90. The highest BCUT2D eigenvalue weighted by molar-refractivity contribution is 7.19. The third-order valence-corrected chi connectivity index (χ3v) is 5.43. The molecule has 0 amide bonds. The molecule has 1 aromatic carbocycles. The summed E-state index contributed by atoms with van der Waals surface area (Å²) < 4.78 is 13.5. The Morgan fingerprint density at radius 2 is 2.29 bits per heavy atom. The predicted molar refractivity (Wildman–Crippen MR) is 94.2 cm³/mol. The number of rotatable bonds is 2. The highest BCUT2D eigenvalue weighted by Crippen LogP contribution is 2.39. The Kier molecular flexibility index (Phi) is 3.68. The molecule has 0 bridgehead atoms. The minimum atomic E-state index is -0.236. The van der Waals surface area contributed by atoms with E-state index in [1.165, 1.54) is 16.5 Å². The first kappa shape index (κ1) is 15.1. The Labute approximate surface area is 143 Å². The topological polar surface area (TPSA) is 60.7 Å². The Hall–Kier alpha value is -2.49. The lowest BCUT2D eigenvalue weighted by atomic mass is 10.0. The van der Waals surface area contributed by atoms with Crippen LogP contribution >= 0.6 is 11.3 Å². The number of hydrogen-bond acceptors (Lipinski definition) is 5. The third kappa shape index (κ3) is 2.42. The van der Waals surface area contributed by atoms with E-state index in [0.29, 0.717) is 11.1 Å². The molecule has 0 aliphatic carbocycles. The molecule has 4 rings (SSSR count). The number of nitrogens with one attached hydrogen (secondary N) is 2. The molecular weight excluding hydrogens is 323 g/mol. The van der Waals surface area contributed by atoms with Gasteiger partial charge in [0, 0.05) is 28.7 Å². The zero-order valence-electron chi connectivity index (χ0n) is 13.1. The second-order valence-corrected chi connectivity index (χ2v) is 6.94. The highest BCUT2D eigenvalue weighted by Gasteiger charge is 2.21. The van der Waals surface area contributed by atoms with Crippen LogP contribution in [0.2, 0.25) is 0 Å². The van der Waals surface area contributed by atoms with Crippen LogP contribution in [0.4, 0.5) is 15.8 Å². The standard InChI is InChI=1S/C18H15FN4S/c1-10-6-12(2-3-14(10)19)23-17-11(7-20)8-22-18-16(17)13-4-5-21-9-15(13)24-18/h2-3,6,8,21H,4-5,9H2,1H3,(H,22,23). The molecular formula is C18H15FN4S. The van der Waals surface area contributed by atoms with Gasteiger partial charge in [0.05, 0.1) is 11.3 Å². The molecule has 3 aromatic rings. The maximum absolute atomic E-state index is 13.5. The summed E-state index contributed by atoms with van der Waals surface area (Å²) in [5.41, 5.74) is 3.88. The summed E-state index contributed by atoms with van der Waals surface area (Å²) in [4.78, 5) is 6.67. The number of aromatic nitrogens is 1. The first-order valence-corrected chi connectivity index (χ1v) is 8.56. The lowest BCUT2D eigenvalue weighted by Crippen LogP contribution is -2.22. The van der Waals surface area contributed by atoms with E-state index in [-0.39, 0.29) is 5.82 Å². The molecule has 24 heavy (non-hydrogen) atoms. The van der Waals surface area contributed by atoms with E-state index in [9.17, 15) is 9.65 Å². The van der Waals surface area contributed by atoms with Crippen LogP contribution in [0.15, 0.2) is 24.4 Å². The molecule has 120 valence electrons. The van der Waals surface area contributed by atoms with Gasteiger partial charge in [-0.25, -0.2) is 9.37 Å². The van der Waals surface area contributed by atoms with Crippen molar-refractivity contribution in [1.82, 2.24) is 10.3 Å². The van der Waals surface area contributed by atoms with Gasteiger partial charge in [-0.1, -0.05) is 0 Å². The van der Waals surface area contributed by atoms with Crippen molar-refractivity contribution in [3.63, 3.8) is 0 Å². The van der Waals surface area contributed by atoms with Crippen LogP contribution in [0.3, 0.4) is 0 Å². The molecule has 0 fully saturated rings. The highest BCUT2D eigenvalue weighted by atomic mass is 32.1. The molecule has 4 nitrogen and oxygen atoms in total. The van der Waals surface area contributed by atoms with Crippen molar-refractivity contribution in [1.29, 1.82) is 5.26 Å². The summed E-state index contributed by atoms with van der Waals surface area (Å²) in [7, 11) is 0. The van der Waals surface area contributed by atoms with E-state index in [2.05, 4.69) is 21.7 Å². The second kappa shape index (κ2) is 5.86. The molecule has 0 saturated heterocycles. The van der Waals surface area contributed by atoms with E-state index < -0.39 is 0 Å². The molecule has 2 aromatic heterocycles. The fourth-order valence-corrected chi connectivity index (χ4v) is 4.24. The van der Waals surface area contributed by atoms with Crippen molar-refractivity contribution in [2.45, 2.75) is 19.9 Å². The minimum Gasteiger partial charge on any atom is -0.354 e. The molecule has 1 aliphatic heterocycles. The number of thiophene rings is 1. The molecule has 0 radical (unpaired) electrons. The number of benzene rings is 1. The molecule has 0 spiro atoms. The number of fused-ring (bicyclic) bond motifs is 3. The lowest BCUT2D eigenvalue weighted by Gasteiger charge is -2.15. The first-order chi connectivity index (χ1) is 11.7. The van der Waals surface area contributed by atoms with Gasteiger partial charge in [-0.05, 0) is 49.2 Å². The fourth-order valence-electron chi connectivity index (χ4n) is 3.07. The van der Waals surface area contributed by atoms with Gasteiger partial charge in [0.25, 0.3) is 0 Å². The largest absolute Gasteiger partial charge is 0.354 e. The van der Waals surface area contributed by atoms with Gasteiger partial charge in [0.2, 0.25) is 0 Å². The summed E-state index contributed by atoms with van der Waals surface area (Å²) in [5, 5.41) is 17.2. The first-order valence-electron chi connectivity index (χ1n) is 7.74. The molecule has 0 saturated carbocycles. The summed E-state index contributed by atoms with van der Waals surface area (Å²) in [6.45, 7) is 3.49. The predicted octanol–water partition coefficient (Wildman–Crippen LogP) is 4.00. The fraction of sp³-hybridized carbons (Fsp3) is 0.222. The maximum Gasteiger partial charge on any atom is 0.126 e. The summed E-state index contributed by atoms with van der Waals surface area (Å²) >= 11 is 1.67. The zero-order valence-corrected chi connectivity index (χ0v) is 13.9. The van der Waals surface area contributed by atoms with Gasteiger partial charge in [-0.15, -0.1) is 11.3 Å². The monoisotopic (exact) mass is 338 g/mol. The van der Waals surface area contributed by atoms with Gasteiger partial charge in [0.1, 0.15) is 16.7 Å². The molecule has 6 heteroatoms. The smallest absolute Gasteiger partial charge is 0.126 e. The van der Waals surface area contributed by atoms with Gasteiger partial charge < -0.3 is 10.6 Å². The average Bonchev–Trinajstić information content (AvgIpc) is 2.97. The summed E-state index contributed by atoms with van der Waals surface area (Å²) in [6, 6.07) is 7.10. The van der Waals surface area contributed by atoms with Crippen LogP contribution in [-0.2, 0) is 13.0 Å². The van der Waals surface area contributed by atoms with Crippen LogP contribution in [0.5, 0.6) is 0 Å². The summed E-state index contributed by atoms with van der Waals surface area (Å²) in [6.07, 6.45) is 2.53. The quantitative estimate of drug-likeness (QED) is 0.741. The molecule has 3 heterocycles. The third-order valence-electron chi connectivity index (χ3n) is 4.29. The molecule has 0 unspecified atom stereocenters. The SMILES string of the molecule is Cc1cc(Nc2c(C#N)cnc3sc4c(c23)CCNC4)ccc1F. The summed E-state index contributed by atoms with van der Waals surface area (Å²) in [5.74, 6) is -0.236. The van der Waals surface area contributed by atoms with Crippen LogP contribution in [0.25, 0.3) is 10.2 Å². The molecule has 2 N–H and O–H groups in total. The minimum absolute atomic E-state index is 0.236. The van der Waals surface area contributed by atoms with Crippen LogP contribution in [-0.4, -0.2) is 11.5 Å². The average molecular weight is 338 g/mol. The van der Waals surface area contributed by atoms with E-state index in [0.717, 1.165) is 41.1 Å². The Morgan fingerprint density at radius 1 is 1.42 bits per heavy atom. The van der Waals surface area contributed by atoms with Gasteiger partial charge in [0.15, 0.2) is 0 Å². The van der Waals surface area contributed by atoms with E-state index in [4.69, 9.17) is 0 Å². The van der Waals surface area contributed by atoms with E-state index in [1.807, 2.05) is 0 Å². The van der Waals surface area contributed by atoms with Crippen LogP contribution in [0.1, 0.15) is 21.6 Å². The number of aryl methyl sites for hydroxylation is 1. The van der Waals surface area contributed by atoms with Crippen LogP contribution in [0, 0.1) is 24.1 Å². The number of pyridine rings is 1. The lowest BCUT2D eigenvalue weighted by molar-refractivity contribution is 0.619. The molecule has 1 aliphatic rings. The van der Waals surface area contributed by atoms with E-state index >= 15 is 0 Å². The number of hydrogen-bond donors (Lipinski definition) is 2. The van der Waals surface area contributed by atoms with Crippen molar-refractivity contribution in [3.8, 4) is 6.07 Å². The number of nitrogens with zero attached hydrogens (tertiary/aromatic N) is 2. The normalized spacial score (nSPS) is 13.5. The van der Waals surface area contributed by atoms with Crippen molar-refractivity contribution in [2.24, 2.45) is 0 Å². The Bertz CT molecular complexity index is 987. The second-order valence-electron chi connectivity index (χ2n) is 5.86.